The monoisotopic (exact) mass is 343 g/mol. The van der Waals surface area contributed by atoms with Crippen molar-refractivity contribution in [2.45, 2.75) is 18.2 Å². The van der Waals surface area contributed by atoms with Crippen molar-refractivity contribution in [1.82, 2.24) is 10.2 Å². The number of aromatic amines is 1. The number of sulfone groups is 1. The summed E-state index contributed by atoms with van der Waals surface area (Å²) in [6, 6.07) is 12.0. The van der Waals surface area contributed by atoms with E-state index in [1.165, 1.54) is 0 Å². The number of para-hydroxylation sites is 1. The van der Waals surface area contributed by atoms with Gasteiger partial charge < -0.3 is 5.32 Å². The summed E-state index contributed by atoms with van der Waals surface area (Å²) in [7, 11) is -3.48. The molecule has 7 heteroatoms. The molecule has 0 spiro atoms. The van der Waals surface area contributed by atoms with E-state index in [4.69, 9.17) is 0 Å². The topological polar surface area (TPSA) is 91.9 Å². The van der Waals surface area contributed by atoms with Gasteiger partial charge in [0.25, 0.3) is 0 Å². The summed E-state index contributed by atoms with van der Waals surface area (Å²) >= 11 is 0. The molecule has 0 aliphatic heterocycles. The van der Waals surface area contributed by atoms with Crippen molar-refractivity contribution in [3.05, 3.63) is 54.2 Å². The van der Waals surface area contributed by atoms with Crippen molar-refractivity contribution in [2.75, 3.05) is 11.1 Å². The minimum Gasteiger partial charge on any atom is -0.324 e. The molecule has 0 saturated heterocycles. The summed E-state index contributed by atoms with van der Waals surface area (Å²) in [6.45, 7) is 1.89. The third kappa shape index (κ3) is 3.46. The number of amides is 1. The van der Waals surface area contributed by atoms with Crippen LogP contribution in [0.3, 0.4) is 0 Å². The van der Waals surface area contributed by atoms with Crippen molar-refractivity contribution >= 4 is 32.3 Å². The second-order valence-electron chi connectivity index (χ2n) is 5.57. The fourth-order valence-electron chi connectivity index (χ4n) is 2.38. The van der Waals surface area contributed by atoms with Gasteiger partial charge >= 0.3 is 0 Å². The average Bonchev–Trinajstić information content (AvgIpc) is 3.03. The van der Waals surface area contributed by atoms with Gasteiger partial charge in [-0.15, -0.1) is 0 Å². The number of anilines is 1. The van der Waals surface area contributed by atoms with Gasteiger partial charge in [-0.2, -0.15) is 5.10 Å². The van der Waals surface area contributed by atoms with Gasteiger partial charge in [-0.25, -0.2) is 8.42 Å². The number of fused-ring (bicyclic) bond motifs is 1. The predicted octanol–water partition coefficient (Wildman–Crippen LogP) is 2.67. The zero-order chi connectivity index (χ0) is 17.2. The summed E-state index contributed by atoms with van der Waals surface area (Å²) in [5.41, 5.74) is 2.29. The Morgan fingerprint density at radius 1 is 1.17 bits per heavy atom. The number of carbonyl (C=O) groups is 1. The molecule has 0 aliphatic carbocycles. The summed E-state index contributed by atoms with van der Waals surface area (Å²) in [5.74, 6) is -0.589. The molecule has 2 N–H and O–H groups in total. The van der Waals surface area contributed by atoms with Gasteiger partial charge in [0.15, 0.2) is 9.84 Å². The molecular weight excluding hydrogens is 326 g/mol. The molecular formula is C17H17N3O3S. The lowest BCUT2D eigenvalue weighted by molar-refractivity contribution is -0.115. The number of hydrogen-bond acceptors (Lipinski definition) is 4. The summed E-state index contributed by atoms with van der Waals surface area (Å²) < 4.78 is 24.6. The largest absolute Gasteiger partial charge is 0.324 e. The van der Waals surface area contributed by atoms with Gasteiger partial charge in [-0.1, -0.05) is 29.8 Å². The molecule has 1 heterocycles. The Morgan fingerprint density at radius 3 is 2.67 bits per heavy atom. The van der Waals surface area contributed by atoms with E-state index in [0.717, 1.165) is 10.9 Å². The Hall–Kier alpha value is -2.67. The molecule has 1 aromatic heterocycles. The first-order valence-electron chi connectivity index (χ1n) is 7.47. The van der Waals surface area contributed by atoms with Gasteiger partial charge in [0.1, 0.15) is 0 Å². The highest BCUT2D eigenvalue weighted by Crippen LogP contribution is 2.21. The zero-order valence-electron chi connectivity index (χ0n) is 13.1. The number of H-pyrrole nitrogens is 1. The summed E-state index contributed by atoms with van der Waals surface area (Å²) in [6.07, 6.45) is 1.55. The van der Waals surface area contributed by atoms with E-state index in [1.54, 1.807) is 42.6 Å². The van der Waals surface area contributed by atoms with Crippen LogP contribution in [-0.2, 0) is 14.6 Å². The second-order valence-corrected chi connectivity index (χ2v) is 7.68. The third-order valence-electron chi connectivity index (χ3n) is 3.73. The Bertz CT molecular complexity index is 976. The molecule has 0 unspecified atom stereocenters. The molecule has 0 aliphatic rings. The molecule has 6 nitrogen and oxygen atoms in total. The van der Waals surface area contributed by atoms with E-state index in [9.17, 15) is 13.2 Å². The first-order valence-corrected chi connectivity index (χ1v) is 9.12. The van der Waals surface area contributed by atoms with Crippen LogP contribution in [0, 0.1) is 6.92 Å². The van der Waals surface area contributed by atoms with Crippen LogP contribution in [0.2, 0.25) is 0 Å². The maximum Gasteiger partial charge on any atom is 0.225 e. The van der Waals surface area contributed by atoms with Crippen LogP contribution in [0.4, 0.5) is 5.69 Å². The molecule has 124 valence electrons. The molecule has 3 rings (SSSR count). The highest BCUT2D eigenvalue weighted by atomic mass is 32.2. The first-order chi connectivity index (χ1) is 11.5. The molecule has 0 fully saturated rings. The highest BCUT2D eigenvalue weighted by molar-refractivity contribution is 7.91. The van der Waals surface area contributed by atoms with Crippen molar-refractivity contribution in [2.24, 2.45) is 0 Å². The Labute approximate surface area is 139 Å². The van der Waals surface area contributed by atoms with Crippen molar-refractivity contribution in [3.63, 3.8) is 0 Å². The lowest BCUT2D eigenvalue weighted by Gasteiger charge is -2.07. The van der Waals surface area contributed by atoms with Crippen LogP contribution in [0.15, 0.2) is 53.6 Å². The maximum absolute atomic E-state index is 12.3. The third-order valence-corrected chi connectivity index (χ3v) is 5.46. The number of aromatic nitrogens is 2. The normalized spacial score (nSPS) is 11.5. The van der Waals surface area contributed by atoms with E-state index >= 15 is 0 Å². The number of nitrogens with one attached hydrogen (secondary N) is 2. The van der Waals surface area contributed by atoms with E-state index in [-0.39, 0.29) is 23.0 Å². The van der Waals surface area contributed by atoms with Gasteiger partial charge in [0, 0.05) is 11.8 Å². The number of hydrogen-bond donors (Lipinski definition) is 2. The molecule has 1 amide bonds. The van der Waals surface area contributed by atoms with Crippen molar-refractivity contribution in [3.8, 4) is 0 Å². The van der Waals surface area contributed by atoms with Crippen molar-refractivity contribution in [1.29, 1.82) is 0 Å². The lowest BCUT2D eigenvalue weighted by atomic mass is 10.2. The molecule has 0 atom stereocenters. The minimum absolute atomic E-state index is 0.110. The quantitative estimate of drug-likeness (QED) is 0.745. The van der Waals surface area contributed by atoms with E-state index in [1.807, 2.05) is 13.0 Å². The fraction of sp³-hybridized carbons (Fsp3) is 0.176. The number of carbonyl (C=O) groups excluding carboxylic acids is 1. The molecule has 0 radical (unpaired) electrons. The average molecular weight is 343 g/mol. The van der Waals surface area contributed by atoms with Crippen LogP contribution in [-0.4, -0.2) is 30.3 Å². The molecule has 0 bridgehead atoms. The van der Waals surface area contributed by atoms with Gasteiger partial charge in [-0.3, -0.25) is 9.89 Å². The first kappa shape index (κ1) is 16.2. The van der Waals surface area contributed by atoms with Crippen LogP contribution < -0.4 is 5.32 Å². The standard InChI is InChI=1S/C17H17N3O3S/c1-12-5-7-14(8-6-12)24(22,23)10-9-16(21)19-15-4-2-3-13-11-18-20-17(13)15/h2-8,11H,9-10H2,1H3,(H,18,20)(H,19,21). The Morgan fingerprint density at radius 2 is 1.92 bits per heavy atom. The van der Waals surface area contributed by atoms with Crippen molar-refractivity contribution < 1.29 is 13.2 Å². The Kier molecular flexibility index (Phi) is 4.35. The van der Waals surface area contributed by atoms with Crippen LogP contribution in [0.1, 0.15) is 12.0 Å². The molecule has 2 aromatic carbocycles. The predicted molar refractivity (Wildman–Crippen MR) is 92.6 cm³/mol. The van der Waals surface area contributed by atoms with Gasteiger partial charge in [0.2, 0.25) is 5.91 Å². The second kappa shape index (κ2) is 6.45. The highest BCUT2D eigenvalue weighted by Gasteiger charge is 2.17. The fourth-order valence-corrected chi connectivity index (χ4v) is 3.62. The van der Waals surface area contributed by atoms with E-state index in [2.05, 4.69) is 15.5 Å². The Balaban J connectivity index is 1.67. The van der Waals surface area contributed by atoms with Crippen LogP contribution >= 0.6 is 0 Å². The lowest BCUT2D eigenvalue weighted by Crippen LogP contribution is -2.17. The van der Waals surface area contributed by atoms with Crippen LogP contribution in [0.25, 0.3) is 10.9 Å². The van der Waals surface area contributed by atoms with E-state index in [0.29, 0.717) is 11.2 Å². The van der Waals surface area contributed by atoms with Gasteiger partial charge in [0.05, 0.1) is 28.0 Å². The maximum atomic E-state index is 12.3. The van der Waals surface area contributed by atoms with Crippen LogP contribution in [0.5, 0.6) is 0 Å². The van der Waals surface area contributed by atoms with Gasteiger partial charge in [-0.05, 0) is 25.1 Å². The number of nitrogens with zero attached hydrogens (tertiary/aromatic N) is 1. The summed E-state index contributed by atoms with van der Waals surface area (Å²) in [4.78, 5) is 12.3. The molecule has 24 heavy (non-hydrogen) atoms. The SMILES string of the molecule is Cc1ccc(S(=O)(=O)CCC(=O)Nc2cccc3cn[nH]c23)cc1. The smallest absolute Gasteiger partial charge is 0.225 e. The number of rotatable bonds is 5. The summed E-state index contributed by atoms with van der Waals surface area (Å²) in [5, 5.41) is 10.3. The zero-order valence-corrected chi connectivity index (χ0v) is 13.9. The minimum atomic E-state index is -3.48. The number of benzene rings is 2. The molecule has 0 saturated carbocycles. The molecule has 3 aromatic rings. The number of aryl methyl sites for hydroxylation is 1. The van der Waals surface area contributed by atoms with E-state index < -0.39 is 9.84 Å².